The number of hydrogen-bond acceptors (Lipinski definition) is 3. The maximum absolute atomic E-state index is 10.1. The summed E-state index contributed by atoms with van der Waals surface area (Å²) in [5.41, 5.74) is 0. The lowest BCUT2D eigenvalue weighted by Gasteiger charge is -2.30. The maximum Gasteiger partial charge on any atom is 0.0114 e. The molecule has 0 aromatic carbocycles. The molecule has 0 spiro atoms. The number of rotatable bonds is 4. The minimum Gasteiger partial charge on any atom is -0.772 e. The Kier molecular flexibility index (Phi) is 3.31. The van der Waals surface area contributed by atoms with E-state index in [1.807, 2.05) is 0 Å². The molecule has 1 rings (SSSR count). The Labute approximate surface area is 63.7 Å². The first kappa shape index (κ1) is 8.17. The second-order valence-corrected chi connectivity index (χ2v) is 3.57. The first-order valence-electron chi connectivity index (χ1n) is 3.57. The van der Waals surface area contributed by atoms with Crippen LogP contribution in [0.15, 0.2) is 0 Å². The van der Waals surface area contributed by atoms with Crippen LogP contribution >= 0.6 is 0 Å². The van der Waals surface area contributed by atoms with Crippen molar-refractivity contribution in [3.63, 3.8) is 0 Å². The van der Waals surface area contributed by atoms with Crippen LogP contribution < -0.4 is 0 Å². The first-order chi connectivity index (χ1) is 4.79. The van der Waals surface area contributed by atoms with Crippen molar-refractivity contribution >= 4 is 11.1 Å². The van der Waals surface area contributed by atoms with Crippen LogP contribution in [-0.2, 0) is 11.1 Å². The van der Waals surface area contributed by atoms with Gasteiger partial charge < -0.3 is 9.45 Å². The highest BCUT2D eigenvalue weighted by atomic mass is 32.2. The van der Waals surface area contributed by atoms with E-state index < -0.39 is 11.1 Å². The molecule has 0 aromatic heterocycles. The molecule has 0 aliphatic carbocycles. The van der Waals surface area contributed by atoms with Gasteiger partial charge in [-0.15, -0.1) is 0 Å². The third-order valence-corrected chi connectivity index (χ3v) is 2.36. The van der Waals surface area contributed by atoms with Crippen molar-refractivity contribution < 1.29 is 8.76 Å². The van der Waals surface area contributed by atoms with Crippen LogP contribution in [0.2, 0.25) is 0 Å². The molecule has 0 radical (unpaired) electrons. The van der Waals surface area contributed by atoms with E-state index in [1.165, 1.54) is 6.42 Å². The lowest BCUT2D eigenvalue weighted by atomic mass is 10.2. The summed E-state index contributed by atoms with van der Waals surface area (Å²) in [4.78, 5) is 2.27. The Morgan fingerprint density at radius 2 is 2.20 bits per heavy atom. The van der Waals surface area contributed by atoms with Crippen molar-refractivity contribution in [1.29, 1.82) is 0 Å². The predicted molar refractivity (Wildman–Crippen MR) is 39.5 cm³/mol. The molecule has 1 saturated heterocycles. The second kappa shape index (κ2) is 4.05. The van der Waals surface area contributed by atoms with Crippen LogP contribution in [0.4, 0.5) is 0 Å². The van der Waals surface area contributed by atoms with Crippen molar-refractivity contribution in [2.45, 2.75) is 12.8 Å². The van der Waals surface area contributed by atoms with E-state index in [9.17, 15) is 8.76 Å². The first-order valence-corrected chi connectivity index (χ1v) is 4.81. The van der Waals surface area contributed by atoms with Gasteiger partial charge in [0.1, 0.15) is 0 Å². The monoisotopic (exact) mass is 162 g/mol. The van der Waals surface area contributed by atoms with Crippen molar-refractivity contribution in [3.05, 3.63) is 0 Å². The summed E-state index contributed by atoms with van der Waals surface area (Å²) in [6, 6.07) is 0. The van der Waals surface area contributed by atoms with Crippen LogP contribution in [0.3, 0.4) is 0 Å². The van der Waals surface area contributed by atoms with Crippen LogP contribution in [0.25, 0.3) is 0 Å². The van der Waals surface area contributed by atoms with E-state index in [2.05, 4.69) is 4.90 Å². The highest BCUT2D eigenvalue weighted by molar-refractivity contribution is 7.79. The predicted octanol–water partition coefficient (Wildman–Crippen LogP) is -0.0387. The molecular formula is C6H12NO2S-. The average Bonchev–Trinajstić information content (AvgIpc) is 1.75. The van der Waals surface area contributed by atoms with E-state index >= 15 is 0 Å². The molecule has 0 N–H and O–H groups in total. The fourth-order valence-corrected chi connectivity index (χ4v) is 1.38. The molecule has 1 aliphatic heterocycles. The molecule has 1 heterocycles. The van der Waals surface area contributed by atoms with Gasteiger partial charge in [-0.25, -0.2) is 0 Å². The van der Waals surface area contributed by atoms with Gasteiger partial charge in [0, 0.05) is 5.75 Å². The Morgan fingerprint density at radius 1 is 1.50 bits per heavy atom. The van der Waals surface area contributed by atoms with E-state index in [4.69, 9.17) is 0 Å². The Morgan fingerprint density at radius 3 is 2.60 bits per heavy atom. The second-order valence-electron chi connectivity index (χ2n) is 2.56. The summed E-state index contributed by atoms with van der Waals surface area (Å²) in [6.07, 6.45) is 2.07. The zero-order valence-electron chi connectivity index (χ0n) is 5.91. The molecule has 0 saturated carbocycles. The number of likely N-dealkylation sites (tertiary alicyclic amines) is 1. The normalized spacial score (nSPS) is 22.1. The van der Waals surface area contributed by atoms with Gasteiger partial charge >= 0.3 is 0 Å². The Hall–Kier alpha value is 0.0700. The van der Waals surface area contributed by atoms with Gasteiger partial charge in [0.25, 0.3) is 0 Å². The van der Waals surface area contributed by atoms with Crippen LogP contribution in [-0.4, -0.2) is 39.0 Å². The van der Waals surface area contributed by atoms with Gasteiger partial charge in [-0.2, -0.15) is 0 Å². The molecule has 60 valence electrons. The van der Waals surface area contributed by atoms with Crippen molar-refractivity contribution in [2.24, 2.45) is 0 Å². The fourth-order valence-electron chi connectivity index (χ4n) is 1.01. The summed E-state index contributed by atoms with van der Waals surface area (Å²) in [5.74, 6) is 0.316. The summed E-state index contributed by atoms with van der Waals surface area (Å²) in [6.45, 7) is 3.27. The molecule has 0 amide bonds. The summed E-state index contributed by atoms with van der Waals surface area (Å²) >= 11 is -1.84. The van der Waals surface area contributed by atoms with Crippen LogP contribution in [0, 0.1) is 0 Å². The maximum atomic E-state index is 10.1. The van der Waals surface area contributed by atoms with Gasteiger partial charge in [-0.1, -0.05) is 11.1 Å². The van der Waals surface area contributed by atoms with Gasteiger partial charge in [0.05, 0.1) is 0 Å². The Bertz CT molecular complexity index is 125. The lowest BCUT2D eigenvalue weighted by Crippen LogP contribution is -2.38. The third kappa shape index (κ3) is 2.77. The summed E-state index contributed by atoms with van der Waals surface area (Å²) < 4.78 is 20.1. The SMILES string of the molecule is O=S([O-])CCCN1CCC1. The van der Waals surface area contributed by atoms with Crippen molar-refractivity contribution in [2.75, 3.05) is 25.4 Å². The molecule has 1 atom stereocenters. The molecule has 3 nitrogen and oxygen atoms in total. The topological polar surface area (TPSA) is 43.4 Å². The number of nitrogens with zero attached hydrogens (tertiary/aromatic N) is 1. The van der Waals surface area contributed by atoms with Crippen molar-refractivity contribution in [3.8, 4) is 0 Å². The smallest absolute Gasteiger partial charge is 0.0114 e. The Balaban J connectivity index is 1.89. The van der Waals surface area contributed by atoms with Gasteiger partial charge in [-0.05, 0) is 32.5 Å². The van der Waals surface area contributed by atoms with E-state index in [1.54, 1.807) is 0 Å². The van der Waals surface area contributed by atoms with Gasteiger partial charge in [-0.3, -0.25) is 4.21 Å². The molecule has 1 aliphatic rings. The highest BCUT2D eigenvalue weighted by Crippen LogP contribution is 2.05. The standard InChI is InChI=1S/C6H13NO2S/c8-10(9)6-2-5-7-3-1-4-7/h1-6H2,(H,8,9)/p-1. The average molecular weight is 162 g/mol. The van der Waals surface area contributed by atoms with E-state index in [-0.39, 0.29) is 0 Å². The van der Waals surface area contributed by atoms with Gasteiger partial charge in [0.2, 0.25) is 0 Å². The molecule has 1 fully saturated rings. The molecule has 1 unspecified atom stereocenters. The molecule has 4 heteroatoms. The van der Waals surface area contributed by atoms with Crippen molar-refractivity contribution in [1.82, 2.24) is 4.90 Å². The molecule has 10 heavy (non-hydrogen) atoms. The largest absolute Gasteiger partial charge is 0.772 e. The zero-order chi connectivity index (χ0) is 7.40. The zero-order valence-corrected chi connectivity index (χ0v) is 6.73. The third-order valence-electron chi connectivity index (χ3n) is 1.73. The molecule has 0 bridgehead atoms. The fraction of sp³-hybridized carbons (Fsp3) is 1.00. The minimum atomic E-state index is -1.84. The van der Waals surface area contributed by atoms with Crippen LogP contribution in [0.1, 0.15) is 12.8 Å². The summed E-state index contributed by atoms with van der Waals surface area (Å²) in [7, 11) is 0. The molecular weight excluding hydrogens is 150 g/mol. The lowest BCUT2D eigenvalue weighted by molar-refractivity contribution is 0.182. The highest BCUT2D eigenvalue weighted by Gasteiger charge is 2.11. The van der Waals surface area contributed by atoms with Crippen LogP contribution in [0.5, 0.6) is 0 Å². The number of hydrogen-bond donors (Lipinski definition) is 0. The molecule has 0 aromatic rings. The minimum absolute atomic E-state index is 0.316. The van der Waals surface area contributed by atoms with E-state index in [0.717, 1.165) is 26.1 Å². The van der Waals surface area contributed by atoms with E-state index in [0.29, 0.717) is 5.75 Å². The summed E-state index contributed by atoms with van der Waals surface area (Å²) in [5, 5.41) is 0. The van der Waals surface area contributed by atoms with Gasteiger partial charge in [0.15, 0.2) is 0 Å². The quantitative estimate of drug-likeness (QED) is 0.545.